The second-order valence-corrected chi connectivity index (χ2v) is 5.45. The Kier molecular flexibility index (Phi) is 4.36. The Hall–Kier alpha value is -1.98. The van der Waals surface area contributed by atoms with Gasteiger partial charge < -0.3 is 14.8 Å². The first kappa shape index (κ1) is 14.9. The van der Waals surface area contributed by atoms with Crippen LogP contribution in [0.2, 0.25) is 10.2 Å². The lowest BCUT2D eigenvalue weighted by Crippen LogP contribution is -2.26. The molecule has 1 N–H and O–H groups in total. The van der Waals surface area contributed by atoms with Gasteiger partial charge in [-0.05, 0) is 36.2 Å². The Balaban J connectivity index is 1.59. The highest BCUT2D eigenvalue weighted by atomic mass is 35.5. The molecule has 1 aromatic heterocycles. The summed E-state index contributed by atoms with van der Waals surface area (Å²) in [6.45, 7) is 0.692. The number of hydrogen-bond donors (Lipinski definition) is 1. The molecule has 0 unspecified atom stereocenters. The molecule has 1 amide bonds. The molecule has 0 spiro atoms. The van der Waals surface area contributed by atoms with Crippen molar-refractivity contribution >= 4 is 29.1 Å². The number of nitrogens with one attached hydrogen (secondary N) is 1. The largest absolute Gasteiger partial charge is 0.454 e. The average Bonchev–Trinajstić information content (AvgIpc) is 2.97. The SMILES string of the molecule is O=C(NCCc1ccc2c(c1)OCO2)c1nc(Cl)ccc1Cl. The van der Waals surface area contributed by atoms with Crippen molar-refractivity contribution in [2.75, 3.05) is 13.3 Å². The third-order valence-electron chi connectivity index (χ3n) is 3.16. The van der Waals surface area contributed by atoms with Crippen molar-refractivity contribution < 1.29 is 14.3 Å². The Labute approximate surface area is 137 Å². The lowest BCUT2D eigenvalue weighted by Gasteiger charge is -2.07. The number of fused-ring (bicyclic) bond motifs is 1. The van der Waals surface area contributed by atoms with Crippen LogP contribution in [0, 0.1) is 0 Å². The van der Waals surface area contributed by atoms with E-state index in [-0.39, 0.29) is 28.6 Å². The van der Waals surface area contributed by atoms with E-state index in [2.05, 4.69) is 10.3 Å². The van der Waals surface area contributed by atoms with E-state index in [0.29, 0.717) is 13.0 Å². The highest BCUT2D eigenvalue weighted by molar-refractivity contribution is 6.34. The van der Waals surface area contributed by atoms with Crippen molar-refractivity contribution in [3.8, 4) is 11.5 Å². The molecule has 1 aliphatic rings. The number of rotatable bonds is 4. The van der Waals surface area contributed by atoms with Crippen molar-refractivity contribution in [3.63, 3.8) is 0 Å². The molecule has 7 heteroatoms. The number of amides is 1. The van der Waals surface area contributed by atoms with Crippen LogP contribution >= 0.6 is 23.2 Å². The molecule has 2 heterocycles. The molecule has 0 saturated carbocycles. The molecule has 1 aliphatic heterocycles. The molecule has 0 radical (unpaired) electrons. The number of carbonyl (C=O) groups is 1. The van der Waals surface area contributed by atoms with Crippen LogP contribution in [-0.2, 0) is 6.42 Å². The van der Waals surface area contributed by atoms with Gasteiger partial charge in [0.15, 0.2) is 11.5 Å². The minimum Gasteiger partial charge on any atom is -0.454 e. The number of hydrogen-bond acceptors (Lipinski definition) is 4. The van der Waals surface area contributed by atoms with E-state index < -0.39 is 0 Å². The van der Waals surface area contributed by atoms with Crippen LogP contribution in [-0.4, -0.2) is 24.2 Å². The fourth-order valence-electron chi connectivity index (χ4n) is 2.08. The van der Waals surface area contributed by atoms with Crippen molar-refractivity contribution in [3.05, 3.63) is 51.8 Å². The summed E-state index contributed by atoms with van der Waals surface area (Å²) in [4.78, 5) is 16.0. The van der Waals surface area contributed by atoms with Gasteiger partial charge in [0.2, 0.25) is 6.79 Å². The monoisotopic (exact) mass is 338 g/mol. The average molecular weight is 339 g/mol. The van der Waals surface area contributed by atoms with Crippen LogP contribution in [0.5, 0.6) is 11.5 Å². The zero-order valence-electron chi connectivity index (χ0n) is 11.4. The Morgan fingerprint density at radius 3 is 2.86 bits per heavy atom. The van der Waals surface area contributed by atoms with E-state index in [1.165, 1.54) is 6.07 Å². The predicted molar refractivity (Wildman–Crippen MR) is 82.9 cm³/mol. The summed E-state index contributed by atoms with van der Waals surface area (Å²) in [5.74, 6) is 1.11. The van der Waals surface area contributed by atoms with Crippen LogP contribution in [0.4, 0.5) is 0 Å². The summed E-state index contributed by atoms with van der Waals surface area (Å²) < 4.78 is 10.6. The van der Waals surface area contributed by atoms with E-state index in [1.54, 1.807) is 6.07 Å². The van der Waals surface area contributed by atoms with Crippen LogP contribution in [0.3, 0.4) is 0 Å². The fraction of sp³-hybridized carbons (Fsp3) is 0.200. The molecule has 0 bridgehead atoms. The van der Waals surface area contributed by atoms with Crippen LogP contribution < -0.4 is 14.8 Å². The van der Waals surface area contributed by atoms with Crippen LogP contribution in [0.1, 0.15) is 16.1 Å². The highest BCUT2D eigenvalue weighted by Gasteiger charge is 2.14. The maximum atomic E-state index is 12.0. The van der Waals surface area contributed by atoms with E-state index in [9.17, 15) is 4.79 Å². The zero-order chi connectivity index (χ0) is 15.5. The molecule has 0 fully saturated rings. The molecule has 2 aromatic rings. The quantitative estimate of drug-likeness (QED) is 0.870. The first-order chi connectivity index (χ1) is 10.6. The van der Waals surface area contributed by atoms with E-state index in [0.717, 1.165) is 17.1 Å². The molecular formula is C15H12Cl2N2O3. The summed E-state index contributed by atoms with van der Waals surface area (Å²) in [5.41, 5.74) is 1.16. The summed E-state index contributed by atoms with van der Waals surface area (Å²) in [6.07, 6.45) is 0.653. The number of carbonyl (C=O) groups excluding carboxylic acids is 1. The number of nitrogens with zero attached hydrogens (tertiary/aromatic N) is 1. The van der Waals surface area contributed by atoms with E-state index >= 15 is 0 Å². The lowest BCUT2D eigenvalue weighted by atomic mass is 10.1. The highest BCUT2D eigenvalue weighted by Crippen LogP contribution is 2.32. The zero-order valence-corrected chi connectivity index (χ0v) is 12.9. The van der Waals surface area contributed by atoms with E-state index in [4.69, 9.17) is 32.7 Å². The molecule has 3 rings (SSSR count). The molecule has 22 heavy (non-hydrogen) atoms. The summed E-state index contributed by atoms with van der Waals surface area (Å²) in [6, 6.07) is 8.77. The number of benzene rings is 1. The van der Waals surface area contributed by atoms with Gasteiger partial charge in [0, 0.05) is 6.54 Å². The summed E-state index contributed by atoms with van der Waals surface area (Å²) >= 11 is 11.7. The second-order valence-electron chi connectivity index (χ2n) is 4.66. The maximum Gasteiger partial charge on any atom is 0.271 e. The molecule has 0 aliphatic carbocycles. The van der Waals surface area contributed by atoms with Crippen molar-refractivity contribution in [2.24, 2.45) is 0 Å². The molecular weight excluding hydrogens is 327 g/mol. The topological polar surface area (TPSA) is 60.5 Å². The Morgan fingerprint density at radius 2 is 2.00 bits per heavy atom. The Morgan fingerprint density at radius 1 is 1.18 bits per heavy atom. The standard InChI is InChI=1S/C15H12Cl2N2O3/c16-10-2-4-13(17)19-14(10)15(20)18-6-5-9-1-3-11-12(7-9)22-8-21-11/h1-4,7H,5-6,8H2,(H,18,20). The molecule has 1 aromatic carbocycles. The molecule has 0 saturated heterocycles. The number of aromatic nitrogens is 1. The minimum absolute atomic E-state index is 0.125. The number of halogens is 2. The third kappa shape index (κ3) is 3.26. The van der Waals surface area contributed by atoms with Gasteiger partial charge in [-0.1, -0.05) is 29.3 Å². The van der Waals surface area contributed by atoms with Gasteiger partial charge in [-0.15, -0.1) is 0 Å². The smallest absolute Gasteiger partial charge is 0.271 e. The normalized spacial score (nSPS) is 12.3. The molecule has 114 valence electrons. The van der Waals surface area contributed by atoms with Crippen LogP contribution in [0.15, 0.2) is 30.3 Å². The van der Waals surface area contributed by atoms with Crippen molar-refractivity contribution in [2.45, 2.75) is 6.42 Å². The van der Waals surface area contributed by atoms with Gasteiger partial charge in [-0.25, -0.2) is 4.98 Å². The number of pyridine rings is 1. The molecule has 0 atom stereocenters. The van der Waals surface area contributed by atoms with Gasteiger partial charge in [0.25, 0.3) is 5.91 Å². The molecule has 5 nitrogen and oxygen atoms in total. The van der Waals surface area contributed by atoms with Gasteiger partial charge in [0.1, 0.15) is 10.8 Å². The third-order valence-corrected chi connectivity index (χ3v) is 3.68. The predicted octanol–water partition coefficient (Wildman–Crippen LogP) is 3.09. The lowest BCUT2D eigenvalue weighted by molar-refractivity contribution is 0.0949. The summed E-state index contributed by atoms with van der Waals surface area (Å²) in [5, 5.41) is 3.26. The van der Waals surface area contributed by atoms with Gasteiger partial charge in [-0.2, -0.15) is 0 Å². The first-order valence-corrected chi connectivity index (χ1v) is 7.38. The van der Waals surface area contributed by atoms with Gasteiger partial charge >= 0.3 is 0 Å². The second kappa shape index (κ2) is 6.42. The van der Waals surface area contributed by atoms with Crippen molar-refractivity contribution in [1.29, 1.82) is 0 Å². The minimum atomic E-state index is -0.353. The van der Waals surface area contributed by atoms with Crippen LogP contribution in [0.25, 0.3) is 0 Å². The van der Waals surface area contributed by atoms with Gasteiger partial charge in [-0.3, -0.25) is 4.79 Å². The van der Waals surface area contributed by atoms with Crippen molar-refractivity contribution in [1.82, 2.24) is 10.3 Å². The Bertz CT molecular complexity index is 722. The number of ether oxygens (including phenoxy) is 2. The fourth-order valence-corrected chi connectivity index (χ4v) is 2.42. The maximum absolute atomic E-state index is 12.0. The first-order valence-electron chi connectivity index (χ1n) is 6.62. The van der Waals surface area contributed by atoms with E-state index in [1.807, 2.05) is 18.2 Å². The van der Waals surface area contributed by atoms with Gasteiger partial charge in [0.05, 0.1) is 5.02 Å². The summed E-state index contributed by atoms with van der Waals surface area (Å²) in [7, 11) is 0.